The number of anilines is 2. The highest BCUT2D eigenvalue weighted by Crippen LogP contribution is 2.24. The molecule has 2 fully saturated rings. The zero-order valence-corrected chi connectivity index (χ0v) is 14.2. The number of carbonyl (C=O) groups is 1. The van der Waals surface area contributed by atoms with Crippen molar-refractivity contribution in [3.63, 3.8) is 0 Å². The monoisotopic (exact) mass is 322 g/mol. The molecule has 0 aromatic heterocycles. The van der Waals surface area contributed by atoms with Crippen LogP contribution in [0.25, 0.3) is 0 Å². The zero-order chi connectivity index (χ0) is 16.7. The highest BCUT2D eigenvalue weighted by molar-refractivity contribution is 5.94. The molecular weight excluding hydrogens is 296 g/mol. The van der Waals surface area contributed by atoms with Crippen molar-refractivity contribution in [3.8, 4) is 0 Å². The van der Waals surface area contributed by atoms with Crippen LogP contribution in [0.3, 0.4) is 0 Å². The summed E-state index contributed by atoms with van der Waals surface area (Å²) in [5.74, 6) is 0.00247. The molecule has 0 N–H and O–H groups in total. The topological polar surface area (TPSA) is 51.2 Å². The molecule has 23 heavy (non-hydrogen) atoms. The molecule has 2 aliphatic heterocycles. The van der Waals surface area contributed by atoms with E-state index in [4.69, 9.17) is 14.3 Å². The Morgan fingerprint density at radius 1 is 1.17 bits per heavy atom. The molecule has 2 saturated heterocycles. The Morgan fingerprint density at radius 3 is 2.52 bits per heavy atom. The minimum atomic E-state index is 0.00247. The lowest BCUT2D eigenvalue weighted by atomic mass is 10.2. The van der Waals surface area contributed by atoms with Gasteiger partial charge in [-0.05, 0) is 30.7 Å². The van der Waals surface area contributed by atoms with Gasteiger partial charge in [-0.2, -0.15) is 0 Å². The van der Waals surface area contributed by atoms with E-state index in [1.165, 1.54) is 0 Å². The van der Waals surface area contributed by atoms with Gasteiger partial charge in [0.2, 0.25) is 0 Å². The molecule has 0 saturated carbocycles. The van der Waals surface area contributed by atoms with E-state index >= 15 is 0 Å². The third-order valence-electron chi connectivity index (χ3n) is 3.77. The van der Waals surface area contributed by atoms with Crippen molar-refractivity contribution in [2.45, 2.75) is 33.3 Å². The van der Waals surface area contributed by atoms with Gasteiger partial charge in [0.15, 0.2) is 6.79 Å². The summed E-state index contributed by atoms with van der Waals surface area (Å²) in [6.07, 6.45) is 1.15. The van der Waals surface area contributed by atoms with Crippen LogP contribution in [0.2, 0.25) is 0 Å². The summed E-state index contributed by atoms with van der Waals surface area (Å²) in [4.78, 5) is 19.1. The standard InChI is InChI=1S/C15H20N2O4.C2H6/c1-2-14-9-17(21-11-20-14)13-5-3-12(4-6-13)16-7-8-19-10-15(16)18;1-2/h3-6,14H,2,7-11H2,1H3;1-2H3/t14-;/m0./s1. The van der Waals surface area contributed by atoms with Crippen LogP contribution in [0.15, 0.2) is 24.3 Å². The average molecular weight is 322 g/mol. The number of hydrogen-bond donors (Lipinski definition) is 0. The van der Waals surface area contributed by atoms with Crippen molar-refractivity contribution in [1.29, 1.82) is 0 Å². The summed E-state index contributed by atoms with van der Waals surface area (Å²) in [6, 6.07) is 7.82. The Balaban J connectivity index is 0.000000924. The second-order valence-electron chi connectivity index (χ2n) is 5.12. The molecule has 3 rings (SSSR count). The molecular formula is C17H26N2O4. The van der Waals surface area contributed by atoms with Crippen LogP contribution in [-0.2, 0) is 19.1 Å². The van der Waals surface area contributed by atoms with Crippen LogP contribution >= 0.6 is 0 Å². The van der Waals surface area contributed by atoms with Gasteiger partial charge in [0.25, 0.3) is 5.91 Å². The lowest BCUT2D eigenvalue weighted by Gasteiger charge is -2.33. The highest BCUT2D eigenvalue weighted by Gasteiger charge is 2.22. The first kappa shape index (κ1) is 17.7. The van der Waals surface area contributed by atoms with Crippen molar-refractivity contribution in [1.82, 2.24) is 0 Å². The van der Waals surface area contributed by atoms with Crippen LogP contribution < -0.4 is 9.96 Å². The van der Waals surface area contributed by atoms with Gasteiger partial charge in [-0.15, -0.1) is 0 Å². The summed E-state index contributed by atoms with van der Waals surface area (Å²) >= 11 is 0. The number of ether oxygens (including phenoxy) is 2. The molecule has 1 aromatic carbocycles. The average Bonchev–Trinajstić information content (AvgIpc) is 2.64. The van der Waals surface area contributed by atoms with E-state index in [9.17, 15) is 4.79 Å². The molecule has 0 aliphatic carbocycles. The number of morpholine rings is 1. The van der Waals surface area contributed by atoms with E-state index in [-0.39, 0.29) is 25.4 Å². The SMILES string of the molecule is CC.CC[C@H]1CN(c2ccc(N3CCOCC3=O)cc2)OCO1. The van der Waals surface area contributed by atoms with Gasteiger partial charge in [-0.1, -0.05) is 20.8 Å². The second-order valence-corrected chi connectivity index (χ2v) is 5.12. The fraction of sp³-hybridized carbons (Fsp3) is 0.588. The number of rotatable bonds is 3. The van der Waals surface area contributed by atoms with E-state index in [2.05, 4.69) is 6.92 Å². The molecule has 0 unspecified atom stereocenters. The van der Waals surface area contributed by atoms with Gasteiger partial charge >= 0.3 is 0 Å². The van der Waals surface area contributed by atoms with Crippen molar-refractivity contribution in [2.75, 3.05) is 43.1 Å². The van der Waals surface area contributed by atoms with Gasteiger partial charge in [0.1, 0.15) is 6.61 Å². The van der Waals surface area contributed by atoms with Crippen molar-refractivity contribution in [3.05, 3.63) is 24.3 Å². The van der Waals surface area contributed by atoms with E-state index in [0.717, 1.165) is 17.8 Å². The molecule has 1 atom stereocenters. The van der Waals surface area contributed by atoms with Gasteiger partial charge < -0.3 is 14.4 Å². The van der Waals surface area contributed by atoms with E-state index in [0.29, 0.717) is 19.7 Å². The highest BCUT2D eigenvalue weighted by atomic mass is 16.8. The lowest BCUT2D eigenvalue weighted by molar-refractivity contribution is -0.141. The number of nitrogens with zero attached hydrogens (tertiary/aromatic N) is 2. The first-order valence-electron chi connectivity index (χ1n) is 8.28. The molecule has 0 bridgehead atoms. The molecule has 6 nitrogen and oxygen atoms in total. The summed E-state index contributed by atoms with van der Waals surface area (Å²) in [6.45, 7) is 8.44. The molecule has 0 radical (unpaired) electrons. The summed E-state index contributed by atoms with van der Waals surface area (Å²) < 4.78 is 10.6. The summed E-state index contributed by atoms with van der Waals surface area (Å²) in [5, 5.41) is 1.85. The van der Waals surface area contributed by atoms with Gasteiger partial charge in [-0.25, -0.2) is 9.90 Å². The number of amides is 1. The Bertz CT molecular complexity index is 492. The molecule has 1 aromatic rings. The van der Waals surface area contributed by atoms with Crippen molar-refractivity contribution < 1.29 is 19.1 Å². The van der Waals surface area contributed by atoms with Crippen LogP contribution in [-0.4, -0.2) is 45.1 Å². The van der Waals surface area contributed by atoms with Crippen LogP contribution in [0.1, 0.15) is 27.2 Å². The first-order chi connectivity index (χ1) is 11.3. The van der Waals surface area contributed by atoms with Crippen LogP contribution in [0.5, 0.6) is 0 Å². The molecule has 2 aliphatic rings. The minimum absolute atomic E-state index is 0.00247. The minimum Gasteiger partial charge on any atom is -0.370 e. The van der Waals surface area contributed by atoms with Gasteiger partial charge in [0.05, 0.1) is 24.9 Å². The third kappa shape index (κ3) is 4.43. The fourth-order valence-corrected chi connectivity index (χ4v) is 2.50. The maximum Gasteiger partial charge on any atom is 0.253 e. The molecule has 1 amide bonds. The molecule has 0 spiro atoms. The smallest absolute Gasteiger partial charge is 0.253 e. The normalized spacial score (nSPS) is 21.7. The molecule has 6 heteroatoms. The van der Waals surface area contributed by atoms with Gasteiger partial charge in [-0.3, -0.25) is 4.79 Å². The predicted octanol–water partition coefficient (Wildman–Crippen LogP) is 2.58. The fourth-order valence-electron chi connectivity index (χ4n) is 2.50. The van der Waals surface area contributed by atoms with Crippen LogP contribution in [0.4, 0.5) is 11.4 Å². The summed E-state index contributed by atoms with van der Waals surface area (Å²) in [5.41, 5.74) is 1.87. The third-order valence-corrected chi connectivity index (χ3v) is 3.77. The number of carbonyl (C=O) groups excluding carboxylic acids is 1. The Kier molecular flexibility index (Phi) is 6.83. The Hall–Kier alpha value is -1.63. The van der Waals surface area contributed by atoms with Crippen LogP contribution in [0, 0.1) is 0 Å². The number of hydroxylamine groups is 1. The first-order valence-corrected chi connectivity index (χ1v) is 8.28. The maximum atomic E-state index is 11.8. The quantitative estimate of drug-likeness (QED) is 0.856. The Morgan fingerprint density at radius 2 is 1.87 bits per heavy atom. The lowest BCUT2D eigenvalue weighted by Crippen LogP contribution is -2.42. The number of benzene rings is 1. The van der Waals surface area contributed by atoms with Crippen molar-refractivity contribution >= 4 is 17.3 Å². The van der Waals surface area contributed by atoms with Crippen molar-refractivity contribution in [2.24, 2.45) is 0 Å². The maximum absolute atomic E-state index is 11.8. The predicted molar refractivity (Wildman–Crippen MR) is 89.4 cm³/mol. The van der Waals surface area contributed by atoms with E-state index < -0.39 is 0 Å². The van der Waals surface area contributed by atoms with Gasteiger partial charge in [0, 0.05) is 12.2 Å². The molecule has 128 valence electrons. The molecule has 2 heterocycles. The largest absolute Gasteiger partial charge is 0.370 e. The summed E-state index contributed by atoms with van der Waals surface area (Å²) in [7, 11) is 0. The Labute approximate surface area is 137 Å². The second kappa shape index (κ2) is 8.86. The number of hydrogen-bond acceptors (Lipinski definition) is 5. The zero-order valence-electron chi connectivity index (χ0n) is 14.2. The van der Waals surface area contributed by atoms with E-state index in [1.54, 1.807) is 4.90 Å². The van der Waals surface area contributed by atoms with E-state index in [1.807, 2.05) is 43.2 Å².